The van der Waals surface area contributed by atoms with E-state index in [4.69, 9.17) is 0 Å². The lowest BCUT2D eigenvalue weighted by atomic mass is 10.2. The number of imidazole rings is 1. The molecule has 1 aliphatic heterocycles. The summed E-state index contributed by atoms with van der Waals surface area (Å²) in [4.78, 5) is 7.49. The fourth-order valence-electron chi connectivity index (χ4n) is 3.38. The zero-order chi connectivity index (χ0) is 19.2. The first-order valence-electron chi connectivity index (χ1n) is 8.40. The molecule has 1 saturated heterocycles. The highest BCUT2D eigenvalue weighted by molar-refractivity contribution is 7.89. The number of hydrogen-bond acceptors (Lipinski definition) is 3. The minimum absolute atomic E-state index is 0.154. The zero-order valence-corrected chi connectivity index (χ0v) is 14.9. The summed E-state index contributed by atoms with van der Waals surface area (Å²) < 4.78 is 65.5. The van der Waals surface area contributed by atoms with Crippen LogP contribution in [0.4, 0.5) is 13.2 Å². The second-order valence-electron chi connectivity index (χ2n) is 6.44. The van der Waals surface area contributed by atoms with Crippen LogP contribution in [0.5, 0.6) is 0 Å². The Morgan fingerprint density at radius 3 is 2.44 bits per heavy atom. The van der Waals surface area contributed by atoms with Gasteiger partial charge in [-0.05, 0) is 49.2 Å². The molecule has 0 bridgehead atoms. The molecule has 27 heavy (non-hydrogen) atoms. The summed E-state index contributed by atoms with van der Waals surface area (Å²) in [6.45, 7) is 0.297. The molecule has 1 atom stereocenters. The van der Waals surface area contributed by atoms with Crippen LogP contribution < -0.4 is 0 Å². The molecular weight excluding hydrogens is 379 g/mol. The third-order valence-electron chi connectivity index (χ3n) is 4.72. The van der Waals surface area contributed by atoms with E-state index in [1.54, 1.807) is 0 Å². The van der Waals surface area contributed by atoms with Crippen LogP contribution in [0.3, 0.4) is 0 Å². The van der Waals surface area contributed by atoms with E-state index in [1.165, 1.54) is 4.31 Å². The van der Waals surface area contributed by atoms with Gasteiger partial charge in [0.2, 0.25) is 10.0 Å². The van der Waals surface area contributed by atoms with Crippen LogP contribution in [0.25, 0.3) is 11.0 Å². The predicted octanol–water partition coefficient (Wildman–Crippen LogP) is 4.11. The van der Waals surface area contributed by atoms with E-state index >= 15 is 0 Å². The van der Waals surface area contributed by atoms with E-state index < -0.39 is 27.8 Å². The molecular formula is C18H16F3N3O2S. The van der Waals surface area contributed by atoms with Gasteiger partial charge >= 0.3 is 6.18 Å². The lowest BCUT2D eigenvalue weighted by Gasteiger charge is -2.22. The second kappa shape index (κ2) is 6.35. The number of fused-ring (bicyclic) bond motifs is 1. The first-order chi connectivity index (χ1) is 12.8. The Morgan fingerprint density at radius 1 is 1.07 bits per heavy atom. The summed E-state index contributed by atoms with van der Waals surface area (Å²) in [7, 11) is -3.93. The molecule has 3 aromatic rings. The Balaban J connectivity index is 1.68. The number of sulfonamides is 1. The Morgan fingerprint density at radius 2 is 1.78 bits per heavy atom. The van der Waals surface area contributed by atoms with Crippen LogP contribution in [0, 0.1) is 0 Å². The molecule has 9 heteroatoms. The Bertz CT molecular complexity index is 1040. The van der Waals surface area contributed by atoms with Gasteiger partial charge in [-0.15, -0.1) is 0 Å². The van der Waals surface area contributed by atoms with E-state index in [0.29, 0.717) is 25.2 Å². The maximum absolute atomic E-state index is 13.0. The average Bonchev–Trinajstić information content (AvgIpc) is 3.28. The Hall–Kier alpha value is -2.39. The number of nitrogens with one attached hydrogen (secondary N) is 1. The van der Waals surface area contributed by atoms with Crippen LogP contribution in [0.2, 0.25) is 0 Å². The standard InChI is InChI=1S/C18H16F3N3O2S/c19-18(20,21)12-7-9-13(10-8-12)27(25,26)24-11-3-6-16(24)17-22-14-4-1-2-5-15(14)23-17/h1-2,4-5,7-10,16H,3,6,11H2,(H,22,23)/t16-/m1/s1. The number of rotatable bonds is 3. The van der Waals surface area contributed by atoms with Gasteiger partial charge < -0.3 is 4.98 Å². The van der Waals surface area contributed by atoms with Crippen LogP contribution in [0.1, 0.15) is 30.3 Å². The van der Waals surface area contributed by atoms with Crippen molar-refractivity contribution in [3.05, 3.63) is 59.9 Å². The van der Waals surface area contributed by atoms with Gasteiger partial charge in [-0.1, -0.05) is 12.1 Å². The largest absolute Gasteiger partial charge is 0.416 e. The first-order valence-corrected chi connectivity index (χ1v) is 9.84. The SMILES string of the molecule is O=S(=O)(c1ccc(C(F)(F)F)cc1)N1CCC[C@@H]1c1nc2ccccc2[nH]1. The maximum atomic E-state index is 13.0. The van der Waals surface area contributed by atoms with Crippen molar-refractivity contribution in [3.63, 3.8) is 0 Å². The molecule has 0 saturated carbocycles. The molecule has 0 spiro atoms. The molecule has 1 aliphatic rings. The van der Waals surface area contributed by atoms with E-state index in [9.17, 15) is 21.6 Å². The van der Waals surface area contributed by atoms with Crippen LogP contribution >= 0.6 is 0 Å². The topological polar surface area (TPSA) is 66.1 Å². The number of aromatic amines is 1. The Labute approximate surface area is 153 Å². The normalized spacial score (nSPS) is 19.0. The number of halogens is 3. The molecule has 2 heterocycles. The van der Waals surface area contributed by atoms with E-state index in [2.05, 4.69) is 9.97 Å². The number of aromatic nitrogens is 2. The number of benzene rings is 2. The fraction of sp³-hybridized carbons (Fsp3) is 0.278. The molecule has 1 N–H and O–H groups in total. The van der Waals surface area contributed by atoms with Gasteiger partial charge in [-0.2, -0.15) is 17.5 Å². The minimum atomic E-state index is -4.51. The van der Waals surface area contributed by atoms with Crippen LogP contribution in [-0.2, 0) is 16.2 Å². The minimum Gasteiger partial charge on any atom is -0.341 e. The van der Waals surface area contributed by atoms with E-state index in [-0.39, 0.29) is 4.90 Å². The molecule has 5 nitrogen and oxygen atoms in total. The van der Waals surface area contributed by atoms with Crippen molar-refractivity contribution < 1.29 is 21.6 Å². The molecule has 0 radical (unpaired) electrons. The van der Waals surface area contributed by atoms with E-state index in [0.717, 1.165) is 35.3 Å². The highest BCUT2D eigenvalue weighted by Crippen LogP contribution is 2.37. The van der Waals surface area contributed by atoms with Gasteiger partial charge in [0.25, 0.3) is 0 Å². The summed E-state index contributed by atoms with van der Waals surface area (Å²) in [6, 6.07) is 10.5. The number of para-hydroxylation sites is 2. The lowest BCUT2D eigenvalue weighted by molar-refractivity contribution is -0.137. The zero-order valence-electron chi connectivity index (χ0n) is 14.1. The van der Waals surface area contributed by atoms with Crippen molar-refractivity contribution in [1.29, 1.82) is 0 Å². The van der Waals surface area contributed by atoms with Crippen molar-refractivity contribution in [2.75, 3.05) is 6.54 Å². The van der Waals surface area contributed by atoms with Crippen molar-refractivity contribution in [3.8, 4) is 0 Å². The highest BCUT2D eigenvalue weighted by atomic mass is 32.2. The monoisotopic (exact) mass is 395 g/mol. The quantitative estimate of drug-likeness (QED) is 0.726. The summed E-state index contributed by atoms with van der Waals surface area (Å²) in [5.41, 5.74) is 0.675. The van der Waals surface area contributed by atoms with Crippen molar-refractivity contribution in [2.45, 2.75) is 30.0 Å². The molecule has 0 unspecified atom stereocenters. The molecule has 0 aliphatic carbocycles. The lowest BCUT2D eigenvalue weighted by Crippen LogP contribution is -2.31. The molecule has 1 fully saturated rings. The predicted molar refractivity (Wildman–Crippen MR) is 93.4 cm³/mol. The second-order valence-corrected chi connectivity index (χ2v) is 8.33. The fourth-order valence-corrected chi connectivity index (χ4v) is 5.04. The van der Waals surface area contributed by atoms with E-state index in [1.807, 2.05) is 24.3 Å². The summed E-state index contributed by atoms with van der Waals surface area (Å²) in [5, 5.41) is 0. The number of hydrogen-bond donors (Lipinski definition) is 1. The van der Waals surface area contributed by atoms with Gasteiger partial charge in [0.05, 0.1) is 27.5 Å². The first kappa shape index (κ1) is 18.0. The summed E-state index contributed by atoms with van der Waals surface area (Å²) in [6.07, 6.45) is -3.26. The molecule has 0 amide bonds. The van der Waals surface area contributed by atoms with Gasteiger partial charge in [0.15, 0.2) is 0 Å². The highest BCUT2D eigenvalue weighted by Gasteiger charge is 2.38. The number of H-pyrrole nitrogens is 1. The summed E-state index contributed by atoms with van der Waals surface area (Å²) in [5.74, 6) is 0.546. The smallest absolute Gasteiger partial charge is 0.341 e. The van der Waals surface area contributed by atoms with Crippen molar-refractivity contribution in [2.24, 2.45) is 0 Å². The average molecular weight is 395 g/mol. The van der Waals surface area contributed by atoms with Gasteiger partial charge in [-0.3, -0.25) is 0 Å². The van der Waals surface area contributed by atoms with Crippen molar-refractivity contribution in [1.82, 2.24) is 14.3 Å². The Kier molecular flexibility index (Phi) is 4.23. The number of nitrogens with zero attached hydrogens (tertiary/aromatic N) is 2. The maximum Gasteiger partial charge on any atom is 0.416 e. The number of alkyl halides is 3. The molecule has 1 aromatic heterocycles. The van der Waals surface area contributed by atoms with Crippen molar-refractivity contribution >= 4 is 21.1 Å². The third kappa shape index (κ3) is 3.21. The van der Waals surface area contributed by atoms with Gasteiger partial charge in [0, 0.05) is 6.54 Å². The van der Waals surface area contributed by atoms with Gasteiger partial charge in [0.1, 0.15) is 5.82 Å². The molecule has 4 rings (SSSR count). The van der Waals surface area contributed by atoms with Gasteiger partial charge in [-0.25, -0.2) is 13.4 Å². The third-order valence-corrected chi connectivity index (χ3v) is 6.64. The summed E-state index contributed by atoms with van der Waals surface area (Å²) >= 11 is 0. The van der Waals surface area contributed by atoms with Crippen LogP contribution in [0.15, 0.2) is 53.4 Å². The van der Waals surface area contributed by atoms with Crippen LogP contribution in [-0.4, -0.2) is 29.2 Å². The molecule has 142 valence electrons. The molecule has 2 aromatic carbocycles.